The number of hydrogen-bond donors (Lipinski definition) is 2. The number of rotatable bonds is 12. The Bertz CT molecular complexity index is 1600. The highest BCUT2D eigenvalue weighted by molar-refractivity contribution is 5.97. The van der Waals surface area contributed by atoms with Gasteiger partial charge in [0, 0.05) is 0 Å². The Hall–Kier alpha value is -6.30. The first-order valence-electron chi connectivity index (χ1n) is 13.4. The van der Waals surface area contributed by atoms with E-state index in [4.69, 9.17) is 18.9 Å². The van der Waals surface area contributed by atoms with E-state index in [1.165, 1.54) is 38.8 Å². The van der Waals surface area contributed by atoms with E-state index in [9.17, 15) is 19.2 Å². The second-order valence-corrected chi connectivity index (χ2v) is 9.09. The first kappa shape index (κ1) is 31.6. The Balaban J connectivity index is 1.25. The number of esters is 2. The molecule has 4 aromatic rings. The maximum Gasteiger partial charge on any atom is 0.343 e. The van der Waals surface area contributed by atoms with Crippen LogP contribution in [0.1, 0.15) is 38.3 Å². The highest BCUT2D eigenvalue weighted by Crippen LogP contribution is 2.29. The minimum absolute atomic E-state index is 0.214. The molecule has 0 aromatic heterocycles. The Labute approximate surface area is 258 Å². The number of ether oxygens (including phenoxy) is 4. The predicted molar refractivity (Wildman–Crippen MR) is 165 cm³/mol. The number of hydrazone groups is 2. The van der Waals surface area contributed by atoms with Crippen LogP contribution < -0.4 is 29.8 Å². The molecule has 12 heteroatoms. The molecule has 0 saturated heterocycles. The van der Waals surface area contributed by atoms with Crippen LogP contribution in [-0.2, 0) is 9.59 Å². The topological polar surface area (TPSA) is 154 Å². The summed E-state index contributed by atoms with van der Waals surface area (Å²) in [6.07, 6.45) is 2.14. The fourth-order valence-corrected chi connectivity index (χ4v) is 3.75. The molecule has 0 fully saturated rings. The van der Waals surface area contributed by atoms with Gasteiger partial charge in [-0.25, -0.2) is 20.4 Å². The predicted octanol–water partition coefficient (Wildman–Crippen LogP) is 4.13. The standard InChI is InChI=1S/C33H28N4O8/c1-42-28-17-22(13-15-26(28)44-32(40)24-9-5-3-6-10-24)20-34-36-30(38)19-31(39)37-35-21-23-14-16-27(29(18-23)43-2)45-33(41)25-11-7-4-8-12-25/h3-18,20-21H,19H2,1-2H3,(H,36,38)(H,37,39)/b34-20+,35-21+. The van der Waals surface area contributed by atoms with Gasteiger partial charge in [-0.05, 0) is 71.8 Å². The van der Waals surface area contributed by atoms with Gasteiger partial charge in [0.2, 0.25) is 11.8 Å². The van der Waals surface area contributed by atoms with Crippen molar-refractivity contribution in [3.8, 4) is 23.0 Å². The van der Waals surface area contributed by atoms with Gasteiger partial charge in [0.25, 0.3) is 0 Å². The minimum atomic E-state index is -0.675. The monoisotopic (exact) mass is 608 g/mol. The minimum Gasteiger partial charge on any atom is -0.493 e. The van der Waals surface area contributed by atoms with Gasteiger partial charge in [0.1, 0.15) is 6.42 Å². The van der Waals surface area contributed by atoms with Crippen LogP contribution in [0.5, 0.6) is 23.0 Å². The van der Waals surface area contributed by atoms with E-state index in [0.29, 0.717) is 22.3 Å². The molecule has 12 nitrogen and oxygen atoms in total. The summed E-state index contributed by atoms with van der Waals surface area (Å²) < 4.78 is 21.4. The van der Waals surface area contributed by atoms with Crippen LogP contribution in [0.25, 0.3) is 0 Å². The van der Waals surface area contributed by atoms with Crippen LogP contribution in [0.3, 0.4) is 0 Å². The van der Waals surface area contributed by atoms with E-state index in [1.54, 1.807) is 84.9 Å². The number of nitrogens with one attached hydrogen (secondary N) is 2. The molecule has 2 amide bonds. The van der Waals surface area contributed by atoms with Gasteiger partial charge in [0.05, 0.1) is 37.8 Å². The molecule has 228 valence electrons. The first-order valence-corrected chi connectivity index (χ1v) is 13.4. The van der Waals surface area contributed by atoms with Crippen LogP contribution >= 0.6 is 0 Å². The molecule has 0 spiro atoms. The van der Waals surface area contributed by atoms with E-state index < -0.39 is 30.2 Å². The van der Waals surface area contributed by atoms with Crippen molar-refractivity contribution >= 4 is 36.2 Å². The Morgan fingerprint density at radius 1 is 0.578 bits per heavy atom. The van der Waals surface area contributed by atoms with E-state index in [2.05, 4.69) is 21.1 Å². The molecule has 0 aliphatic rings. The van der Waals surface area contributed by atoms with Crippen LogP contribution in [-0.4, -0.2) is 50.4 Å². The van der Waals surface area contributed by atoms with Gasteiger partial charge in [-0.3, -0.25) is 9.59 Å². The second-order valence-electron chi connectivity index (χ2n) is 9.09. The van der Waals surface area contributed by atoms with Gasteiger partial charge in [-0.15, -0.1) is 0 Å². The zero-order valence-corrected chi connectivity index (χ0v) is 24.3. The molecule has 4 rings (SSSR count). The summed E-state index contributed by atoms with van der Waals surface area (Å²) in [6.45, 7) is 0. The van der Waals surface area contributed by atoms with Crippen LogP contribution in [0, 0.1) is 0 Å². The molecular weight excluding hydrogens is 580 g/mol. The molecule has 0 aliphatic heterocycles. The molecule has 0 heterocycles. The van der Waals surface area contributed by atoms with Crippen LogP contribution in [0.2, 0.25) is 0 Å². The number of amides is 2. The number of benzene rings is 4. The maximum atomic E-state index is 12.3. The lowest BCUT2D eigenvalue weighted by atomic mass is 10.2. The molecular formula is C33H28N4O8. The van der Waals surface area contributed by atoms with Crippen molar-refractivity contribution in [1.29, 1.82) is 0 Å². The van der Waals surface area contributed by atoms with Gasteiger partial charge in [0.15, 0.2) is 23.0 Å². The lowest BCUT2D eigenvalue weighted by Crippen LogP contribution is -2.27. The summed E-state index contributed by atoms with van der Waals surface area (Å²) in [5.41, 5.74) is 6.37. The van der Waals surface area contributed by atoms with Crippen molar-refractivity contribution in [1.82, 2.24) is 10.9 Å². The third kappa shape index (κ3) is 9.35. The highest BCUT2D eigenvalue weighted by Gasteiger charge is 2.14. The summed E-state index contributed by atoms with van der Waals surface area (Å²) in [5.74, 6) is -1.43. The van der Waals surface area contributed by atoms with E-state index >= 15 is 0 Å². The third-order valence-electron chi connectivity index (χ3n) is 5.93. The molecule has 0 saturated carbocycles. The summed E-state index contributed by atoms with van der Waals surface area (Å²) in [4.78, 5) is 49.0. The Morgan fingerprint density at radius 2 is 0.978 bits per heavy atom. The number of carbonyl (C=O) groups excluding carboxylic acids is 4. The number of methoxy groups -OCH3 is 2. The molecule has 45 heavy (non-hydrogen) atoms. The van der Waals surface area contributed by atoms with E-state index in [1.807, 2.05) is 0 Å². The normalized spacial score (nSPS) is 10.7. The molecule has 0 radical (unpaired) electrons. The maximum absolute atomic E-state index is 12.3. The summed E-state index contributed by atoms with van der Waals surface area (Å²) in [5, 5.41) is 7.69. The molecule has 2 N–H and O–H groups in total. The zero-order valence-electron chi connectivity index (χ0n) is 24.3. The van der Waals surface area contributed by atoms with Gasteiger partial charge in [-0.2, -0.15) is 10.2 Å². The van der Waals surface area contributed by atoms with Gasteiger partial charge in [-0.1, -0.05) is 36.4 Å². The van der Waals surface area contributed by atoms with Gasteiger partial charge >= 0.3 is 11.9 Å². The molecule has 0 bridgehead atoms. The lowest BCUT2D eigenvalue weighted by Gasteiger charge is -2.10. The van der Waals surface area contributed by atoms with Crippen molar-refractivity contribution in [3.63, 3.8) is 0 Å². The molecule has 0 unspecified atom stereocenters. The van der Waals surface area contributed by atoms with Crippen LogP contribution in [0.15, 0.2) is 107 Å². The summed E-state index contributed by atoms with van der Waals surface area (Å²) in [6, 6.07) is 26.5. The Morgan fingerprint density at radius 3 is 1.36 bits per heavy atom. The average Bonchev–Trinajstić information content (AvgIpc) is 3.06. The van der Waals surface area contributed by atoms with Crippen molar-refractivity contribution in [2.45, 2.75) is 6.42 Å². The largest absolute Gasteiger partial charge is 0.493 e. The van der Waals surface area contributed by atoms with Crippen LogP contribution in [0.4, 0.5) is 0 Å². The van der Waals surface area contributed by atoms with Crippen molar-refractivity contribution in [3.05, 3.63) is 119 Å². The SMILES string of the molecule is COc1cc(/C=N/NC(=O)CC(=O)N/N=C/c2ccc(OC(=O)c3ccccc3)c(OC)c2)ccc1OC(=O)c1ccccc1. The quantitative estimate of drug-likeness (QED) is 0.0800. The van der Waals surface area contributed by atoms with E-state index in [0.717, 1.165) is 0 Å². The second kappa shape index (κ2) is 15.8. The number of hydrogen-bond acceptors (Lipinski definition) is 10. The lowest BCUT2D eigenvalue weighted by molar-refractivity contribution is -0.129. The van der Waals surface area contributed by atoms with Crippen molar-refractivity contribution < 1.29 is 38.1 Å². The van der Waals surface area contributed by atoms with Gasteiger partial charge < -0.3 is 18.9 Å². The van der Waals surface area contributed by atoms with E-state index in [-0.39, 0.29) is 23.0 Å². The Kier molecular flexibility index (Phi) is 11.1. The number of carbonyl (C=O) groups is 4. The zero-order chi connectivity index (χ0) is 32.0. The average molecular weight is 609 g/mol. The molecule has 4 aromatic carbocycles. The molecule has 0 atom stereocenters. The fourth-order valence-electron chi connectivity index (χ4n) is 3.75. The fraction of sp³-hybridized carbons (Fsp3) is 0.0909. The summed E-state index contributed by atoms with van der Waals surface area (Å²) >= 11 is 0. The number of nitrogens with zero attached hydrogens (tertiary/aromatic N) is 2. The first-order chi connectivity index (χ1) is 21.9. The van der Waals surface area contributed by atoms with Crippen molar-refractivity contribution in [2.75, 3.05) is 14.2 Å². The third-order valence-corrected chi connectivity index (χ3v) is 5.93. The smallest absolute Gasteiger partial charge is 0.343 e. The highest BCUT2D eigenvalue weighted by atomic mass is 16.6. The molecule has 0 aliphatic carbocycles. The summed E-state index contributed by atoms with van der Waals surface area (Å²) in [7, 11) is 2.85. The van der Waals surface area contributed by atoms with Crippen molar-refractivity contribution in [2.24, 2.45) is 10.2 Å².